The molecule has 0 saturated heterocycles. The van der Waals surface area contributed by atoms with Gasteiger partial charge >= 0.3 is 60.7 Å². The topological polar surface area (TPSA) is 527 Å². The molecule has 0 aromatic heterocycles. The molecule has 0 bridgehead atoms. The summed E-state index contributed by atoms with van der Waals surface area (Å²) in [6, 6.07) is 0. The van der Waals surface area contributed by atoms with Gasteiger partial charge in [0.25, 0.3) is 0 Å². The molecule has 39 heteroatoms. The highest BCUT2D eigenvalue weighted by Gasteiger charge is 2.19. The Bertz CT molecular complexity index is 1840. The first kappa shape index (κ1) is 88.2. The Hall–Kier alpha value is -9.59. The predicted octanol–water partition coefficient (Wildman–Crippen LogP) is -3.02. The highest BCUT2D eigenvalue weighted by Crippen LogP contribution is 1.95. The van der Waals surface area contributed by atoms with Gasteiger partial charge in [0.2, 0.25) is 30.0 Å². The summed E-state index contributed by atoms with van der Waals surface area (Å²) in [4.78, 5) is 160. The molecule has 0 rings (SSSR count). The van der Waals surface area contributed by atoms with Crippen molar-refractivity contribution < 1.29 is 125 Å². The van der Waals surface area contributed by atoms with Crippen molar-refractivity contribution in [1.29, 1.82) is 0 Å². The highest BCUT2D eigenvalue weighted by molar-refractivity contribution is 5.99. The number of carboxylic acids is 2. The molecule has 0 aliphatic carbocycles. The Morgan fingerprint density at radius 1 is 0.440 bits per heavy atom. The number of amides is 13. The number of ether oxygens (including phenoxy) is 9. The van der Waals surface area contributed by atoms with Crippen LogP contribution in [-0.4, -0.2) is 255 Å². The molecule has 0 heterocycles. The van der Waals surface area contributed by atoms with Gasteiger partial charge in [0.1, 0.15) is 12.5 Å². The molecule has 0 atom stereocenters. The molecule has 14 N–H and O–H groups in total. The Labute approximate surface area is 485 Å². The second-order valence-electron chi connectivity index (χ2n) is 15.0. The van der Waals surface area contributed by atoms with E-state index in [1.54, 1.807) is 6.92 Å². The number of methoxy groups -OCH3 is 8. The van der Waals surface area contributed by atoms with Gasteiger partial charge in [-0.3, -0.25) is 28.8 Å². The monoisotopic (exact) mass is 1230 g/mol. The number of hydrogen-bond acceptors (Lipinski definition) is 24. The van der Waals surface area contributed by atoms with Gasteiger partial charge in [-0.05, 0) is 12.8 Å². The molecule has 0 spiro atoms. The standard InChI is InChI=1S/C9H16N2O7.C8H16N2O4.C8H14N2O4.C7H13N3O5.C6H12N2O4.C6H12N2O2.CH4/c1-16-8(14)10-3-6(18-5-7(12)13)4-11-9(15)17-2;1-6(4-9-7(11)13-2)5-10-8(12)14-3;1-5(11)9-3-7(8(13)14)4-10-6(2)12;1-14-6(12)8-3-10(5-11)4-9-7(13)15-2;1-11-5(9)7-3-4-8-6(10)12-2;1-4(5(9)7-2)6(10)8-3;/h6H,3-5H2,1-2H3,(H,10,14)(H,11,15)(H,12,13);6H,4-5H2,1-3H3,(H,9,11)(H,10,12);7H,3-4H2,1-2H3,(H,9,11)(H,10,12)(H,13,14);5H,3-4H2,1-2H3,(H,8,12)(H,9,13);3-4H2,1-2H3,(H,7,9)(H,8,10);4H,1-3H3,(H,7,9)(H,8,10);1H4. The first-order valence-electron chi connectivity index (χ1n) is 23.7. The van der Waals surface area contributed by atoms with Gasteiger partial charge in [0.05, 0.1) is 82.2 Å². The molecular weight excluding hydrogens is 1140 g/mol. The summed E-state index contributed by atoms with van der Waals surface area (Å²) in [5.74, 6) is -4.59. The van der Waals surface area contributed by atoms with Gasteiger partial charge in [-0.1, -0.05) is 14.4 Å². The minimum Gasteiger partial charge on any atom is -0.481 e. The van der Waals surface area contributed by atoms with Crippen molar-refractivity contribution in [3.05, 3.63) is 0 Å². The van der Waals surface area contributed by atoms with Crippen LogP contribution in [0.1, 0.15) is 35.1 Å². The van der Waals surface area contributed by atoms with Crippen LogP contribution < -0.4 is 63.8 Å². The zero-order chi connectivity index (χ0) is 65.3. The quantitative estimate of drug-likeness (QED) is 0.0135. The first-order valence-corrected chi connectivity index (χ1v) is 23.7. The van der Waals surface area contributed by atoms with E-state index >= 15 is 0 Å². The van der Waals surface area contributed by atoms with Crippen molar-refractivity contribution in [1.82, 2.24) is 68.7 Å². The number of rotatable bonds is 26. The van der Waals surface area contributed by atoms with Crippen molar-refractivity contribution in [2.24, 2.45) is 17.8 Å². The normalized spacial score (nSPS) is 9.12. The molecule has 0 aromatic carbocycles. The third-order valence-corrected chi connectivity index (χ3v) is 8.55. The Kier molecular flexibility index (Phi) is 62.5. The fourth-order valence-corrected chi connectivity index (χ4v) is 4.06. The van der Waals surface area contributed by atoms with Crippen LogP contribution in [-0.2, 0) is 76.2 Å². The summed E-state index contributed by atoms with van der Waals surface area (Å²) in [6.07, 6.45) is -4.95. The zero-order valence-corrected chi connectivity index (χ0v) is 48.8. The summed E-state index contributed by atoms with van der Waals surface area (Å²) >= 11 is 0. The number of nitrogens with zero attached hydrogens (tertiary/aromatic N) is 1. The molecule has 0 fully saturated rings. The lowest BCUT2D eigenvalue weighted by Gasteiger charge is -2.17. The van der Waals surface area contributed by atoms with Crippen LogP contribution in [0.5, 0.6) is 0 Å². The van der Waals surface area contributed by atoms with Gasteiger partial charge in [-0.15, -0.1) is 0 Å². The van der Waals surface area contributed by atoms with E-state index in [1.165, 1.54) is 84.8 Å². The van der Waals surface area contributed by atoms with Crippen molar-refractivity contribution in [2.45, 2.75) is 41.2 Å². The van der Waals surface area contributed by atoms with Crippen molar-refractivity contribution >= 4 is 90.7 Å². The van der Waals surface area contributed by atoms with E-state index in [0.717, 1.165) is 4.90 Å². The van der Waals surface area contributed by atoms with E-state index in [9.17, 15) is 71.9 Å². The summed E-state index contributed by atoms with van der Waals surface area (Å²) in [5.41, 5.74) is 0. The minimum absolute atomic E-state index is 0. The number of carbonyl (C=O) groups is 15. The SMILES string of the molecule is C.CC(=O)NCC(CNC(C)=O)C(=O)O.CNC(=O)C(C)C(=O)NC.COC(=O)NCC(C)CNC(=O)OC.COC(=O)NCC(CNC(=O)OC)OCC(=O)O.COC(=O)NCCNC(=O)OC.COC(=O)NCN(C=O)CNC(=O)OC. The smallest absolute Gasteiger partial charge is 0.408 e. The van der Waals surface area contributed by atoms with Crippen molar-refractivity contribution in [3.63, 3.8) is 0 Å². The van der Waals surface area contributed by atoms with E-state index in [2.05, 4.69) is 102 Å². The lowest BCUT2D eigenvalue weighted by atomic mass is 10.1. The number of hydrogen-bond donors (Lipinski definition) is 14. The fraction of sp³-hybridized carbons (Fsp3) is 0.667. The molecule has 84 heavy (non-hydrogen) atoms. The molecule has 0 aliphatic heterocycles. The summed E-state index contributed by atoms with van der Waals surface area (Å²) in [5, 5.41) is 45.7. The van der Waals surface area contributed by atoms with Crippen LogP contribution in [0.3, 0.4) is 0 Å². The number of carboxylic acid groups (broad SMARTS) is 2. The third-order valence-electron chi connectivity index (χ3n) is 8.55. The highest BCUT2D eigenvalue weighted by atomic mass is 16.6. The Morgan fingerprint density at radius 2 is 0.726 bits per heavy atom. The average molecular weight is 1230 g/mol. The molecule has 13 amide bonds. The molecule has 0 aromatic rings. The molecule has 0 aliphatic rings. The summed E-state index contributed by atoms with van der Waals surface area (Å²) in [6.45, 7) is 6.87. The number of alkyl carbamates (subject to hydrolysis) is 8. The predicted molar refractivity (Wildman–Crippen MR) is 290 cm³/mol. The van der Waals surface area contributed by atoms with E-state index in [-0.39, 0.29) is 76.5 Å². The Balaban J connectivity index is -0.000000170. The van der Waals surface area contributed by atoms with E-state index in [0.29, 0.717) is 32.6 Å². The van der Waals surface area contributed by atoms with E-state index < -0.39 is 85.2 Å². The van der Waals surface area contributed by atoms with Crippen molar-refractivity contribution in [3.8, 4) is 0 Å². The van der Waals surface area contributed by atoms with Crippen LogP contribution in [0, 0.1) is 17.8 Å². The van der Waals surface area contributed by atoms with Crippen LogP contribution >= 0.6 is 0 Å². The zero-order valence-electron chi connectivity index (χ0n) is 48.8. The second-order valence-corrected chi connectivity index (χ2v) is 15.0. The fourth-order valence-electron chi connectivity index (χ4n) is 4.06. The molecule has 0 saturated carbocycles. The van der Waals surface area contributed by atoms with Gasteiger partial charge in [-0.25, -0.2) is 43.2 Å². The molecular formula is C45H87N13O26. The van der Waals surface area contributed by atoms with Crippen LogP contribution in [0.2, 0.25) is 0 Å². The van der Waals surface area contributed by atoms with Crippen LogP contribution in [0.4, 0.5) is 38.4 Å². The van der Waals surface area contributed by atoms with Crippen molar-refractivity contribution in [2.75, 3.05) is 143 Å². The number of nitrogens with one attached hydrogen (secondary N) is 12. The summed E-state index contributed by atoms with van der Waals surface area (Å²) in [7, 11) is 12.9. The molecule has 0 unspecified atom stereocenters. The van der Waals surface area contributed by atoms with Gasteiger partial charge < -0.3 is 122 Å². The van der Waals surface area contributed by atoms with Crippen LogP contribution in [0.25, 0.3) is 0 Å². The average Bonchev–Trinajstić information content (AvgIpc) is 3.47. The van der Waals surface area contributed by atoms with Crippen LogP contribution in [0.15, 0.2) is 0 Å². The minimum atomic E-state index is -1.16. The molecule has 488 valence electrons. The molecule has 39 nitrogen and oxygen atoms in total. The van der Waals surface area contributed by atoms with E-state index in [1.807, 2.05) is 6.92 Å². The number of carbonyl (C=O) groups excluding carboxylic acids is 13. The maximum atomic E-state index is 10.8. The van der Waals surface area contributed by atoms with Gasteiger partial charge in [-0.2, -0.15) is 0 Å². The maximum Gasteiger partial charge on any atom is 0.408 e. The lowest BCUT2D eigenvalue weighted by Crippen LogP contribution is -2.43. The van der Waals surface area contributed by atoms with E-state index in [4.69, 9.17) is 14.9 Å². The first-order chi connectivity index (χ1) is 39.0. The largest absolute Gasteiger partial charge is 0.481 e. The second kappa shape index (κ2) is 59.5. The summed E-state index contributed by atoms with van der Waals surface area (Å²) < 4.78 is 39.6. The maximum absolute atomic E-state index is 10.8. The van der Waals surface area contributed by atoms with Gasteiger partial charge in [0, 0.05) is 80.3 Å². The lowest BCUT2D eigenvalue weighted by molar-refractivity contribution is -0.144. The third kappa shape index (κ3) is 63.2. The van der Waals surface area contributed by atoms with Gasteiger partial charge in [0.15, 0.2) is 0 Å². The number of aliphatic carboxylic acids is 2. The molecule has 0 radical (unpaired) electrons. The Morgan fingerprint density at radius 3 is 0.976 bits per heavy atom.